The average molecular weight is 489 g/mol. The summed E-state index contributed by atoms with van der Waals surface area (Å²) in [6, 6.07) is 9.61. The molecule has 0 radical (unpaired) electrons. The molecule has 4 nitrogen and oxygen atoms in total. The molecule has 0 heterocycles. The molecule has 27 heavy (non-hydrogen) atoms. The first-order valence-corrected chi connectivity index (χ1v) is 9.50. The highest BCUT2D eigenvalue weighted by molar-refractivity contribution is 6.93. The number of alkyl halides is 2. The van der Waals surface area contributed by atoms with Gasteiger partial charge in [-0.2, -0.15) is 0 Å². The van der Waals surface area contributed by atoms with Crippen LogP contribution < -0.4 is 9.47 Å². The normalized spacial score (nSPS) is 12.9. The van der Waals surface area contributed by atoms with Crippen molar-refractivity contribution in [1.82, 2.24) is 0 Å². The number of ether oxygens (including phenoxy) is 2. The third-order valence-electron chi connectivity index (χ3n) is 3.24. The molecule has 0 aliphatic carbocycles. The maximum atomic E-state index is 6.30. The molecule has 0 unspecified atom stereocenters. The van der Waals surface area contributed by atoms with Crippen molar-refractivity contribution in [2.45, 2.75) is 4.33 Å². The Labute approximate surface area is 186 Å². The molecule has 2 aromatic rings. The van der Waals surface area contributed by atoms with Gasteiger partial charge in [-0.05, 0) is 36.4 Å². The van der Waals surface area contributed by atoms with Gasteiger partial charge in [-0.1, -0.05) is 69.6 Å². The van der Waals surface area contributed by atoms with Crippen LogP contribution in [0.3, 0.4) is 0 Å². The number of rotatable bonds is 6. The quantitative estimate of drug-likeness (QED) is 0.313. The molecule has 144 valence electrons. The number of halogens is 6. The van der Waals surface area contributed by atoms with E-state index in [2.05, 4.69) is 9.98 Å². The van der Waals surface area contributed by atoms with E-state index in [1.807, 2.05) is 0 Å². The summed E-state index contributed by atoms with van der Waals surface area (Å²) in [6.45, 7) is 0. The highest BCUT2D eigenvalue weighted by Crippen LogP contribution is 2.38. The summed E-state index contributed by atoms with van der Waals surface area (Å²) in [6.07, 6.45) is 0. The number of aliphatic imine (C=N–C) groups is 2. The van der Waals surface area contributed by atoms with Gasteiger partial charge in [0, 0.05) is 10.0 Å². The number of benzene rings is 2. The standard InChI is InChI=1S/C17H12Cl6N2O2/c1-26-13-5-3-9(18)7-11(13)24-15(20)17(22,23)16(21)25-12-8-10(19)4-6-14(12)27-2/h3-8H,1-2H3. The zero-order valence-electron chi connectivity index (χ0n) is 13.9. The summed E-state index contributed by atoms with van der Waals surface area (Å²) in [4.78, 5) is 8.34. The van der Waals surface area contributed by atoms with Crippen LogP contribution in [-0.2, 0) is 0 Å². The lowest BCUT2D eigenvalue weighted by atomic mass is 10.3. The van der Waals surface area contributed by atoms with E-state index in [4.69, 9.17) is 79.1 Å². The van der Waals surface area contributed by atoms with Crippen molar-refractivity contribution >= 4 is 91.3 Å². The summed E-state index contributed by atoms with van der Waals surface area (Å²) in [7, 11) is 2.95. The van der Waals surface area contributed by atoms with Crippen molar-refractivity contribution in [1.29, 1.82) is 0 Å². The largest absolute Gasteiger partial charge is 0.494 e. The fourth-order valence-corrected chi connectivity index (χ4v) is 2.85. The molecule has 0 aliphatic heterocycles. The maximum absolute atomic E-state index is 6.30. The van der Waals surface area contributed by atoms with E-state index in [1.54, 1.807) is 24.3 Å². The molecule has 10 heteroatoms. The smallest absolute Gasteiger partial charge is 0.222 e. The fourth-order valence-electron chi connectivity index (χ4n) is 1.94. The second-order valence-corrected chi connectivity index (χ2v) is 7.93. The summed E-state index contributed by atoms with van der Waals surface area (Å²) in [5.74, 6) is 0.845. The summed E-state index contributed by atoms with van der Waals surface area (Å²) < 4.78 is 8.49. The Kier molecular flexibility index (Phi) is 7.93. The molecule has 0 saturated carbocycles. The van der Waals surface area contributed by atoms with Crippen LogP contribution in [-0.4, -0.2) is 28.9 Å². The molecular formula is C17H12Cl6N2O2. The minimum atomic E-state index is -1.93. The SMILES string of the molecule is COc1ccc(Cl)cc1N=C(Cl)C(Cl)(Cl)C(Cl)=Nc1cc(Cl)ccc1OC. The number of hydrogen-bond donors (Lipinski definition) is 0. The molecule has 0 N–H and O–H groups in total. The monoisotopic (exact) mass is 486 g/mol. The molecular weight excluding hydrogens is 477 g/mol. The molecule has 2 rings (SSSR count). The van der Waals surface area contributed by atoms with Crippen molar-refractivity contribution in [3.63, 3.8) is 0 Å². The number of hydrogen-bond acceptors (Lipinski definition) is 4. The second kappa shape index (κ2) is 9.55. The van der Waals surface area contributed by atoms with Gasteiger partial charge < -0.3 is 9.47 Å². The predicted molar refractivity (Wildman–Crippen MR) is 116 cm³/mol. The highest BCUT2D eigenvalue weighted by atomic mass is 35.5. The summed E-state index contributed by atoms with van der Waals surface area (Å²) >= 11 is 37.0. The Hall–Kier alpha value is -0.880. The predicted octanol–water partition coefficient (Wildman–Crippen LogP) is 7.42. The number of methoxy groups -OCH3 is 2. The van der Waals surface area contributed by atoms with Gasteiger partial charge in [0.05, 0.1) is 14.2 Å². The lowest BCUT2D eigenvalue weighted by molar-refractivity contribution is 0.416. The first-order chi connectivity index (χ1) is 12.7. The van der Waals surface area contributed by atoms with E-state index >= 15 is 0 Å². The van der Waals surface area contributed by atoms with E-state index in [1.165, 1.54) is 26.4 Å². The van der Waals surface area contributed by atoms with Gasteiger partial charge in [-0.15, -0.1) is 0 Å². The van der Waals surface area contributed by atoms with Crippen molar-refractivity contribution in [2.24, 2.45) is 9.98 Å². The van der Waals surface area contributed by atoms with Crippen molar-refractivity contribution in [3.05, 3.63) is 46.4 Å². The van der Waals surface area contributed by atoms with Crippen LogP contribution >= 0.6 is 69.6 Å². The van der Waals surface area contributed by atoms with Crippen LogP contribution in [0.15, 0.2) is 46.4 Å². The van der Waals surface area contributed by atoms with Gasteiger partial charge in [0.1, 0.15) is 33.2 Å². The third kappa shape index (κ3) is 5.57. The van der Waals surface area contributed by atoms with Crippen LogP contribution in [0, 0.1) is 0 Å². The lowest BCUT2D eigenvalue weighted by Gasteiger charge is -2.17. The fraction of sp³-hybridized carbons (Fsp3) is 0.176. The Morgan fingerprint density at radius 2 is 1.15 bits per heavy atom. The average Bonchev–Trinajstić information content (AvgIpc) is 2.62. The zero-order valence-corrected chi connectivity index (χ0v) is 18.5. The summed E-state index contributed by atoms with van der Waals surface area (Å²) in [5.41, 5.74) is 0.649. The van der Waals surface area contributed by atoms with Gasteiger partial charge in [0.15, 0.2) is 0 Å². The topological polar surface area (TPSA) is 43.2 Å². The Bertz CT molecular complexity index is 827. The van der Waals surface area contributed by atoms with Crippen LogP contribution in [0.5, 0.6) is 11.5 Å². The van der Waals surface area contributed by atoms with Gasteiger partial charge in [-0.25, -0.2) is 9.98 Å². The first kappa shape index (κ1) is 22.4. The van der Waals surface area contributed by atoms with Gasteiger partial charge >= 0.3 is 0 Å². The Morgan fingerprint density at radius 3 is 1.48 bits per heavy atom. The van der Waals surface area contributed by atoms with Crippen LogP contribution in [0.2, 0.25) is 10.0 Å². The minimum absolute atomic E-state index is 0.249. The van der Waals surface area contributed by atoms with Crippen molar-refractivity contribution in [3.8, 4) is 11.5 Å². The van der Waals surface area contributed by atoms with Crippen LogP contribution in [0.1, 0.15) is 0 Å². The van der Waals surface area contributed by atoms with E-state index < -0.39 is 4.33 Å². The molecule has 0 spiro atoms. The molecule has 0 amide bonds. The van der Waals surface area contributed by atoms with E-state index in [0.717, 1.165) is 0 Å². The molecule has 0 saturated heterocycles. The molecule has 0 aliphatic rings. The van der Waals surface area contributed by atoms with Gasteiger partial charge in [-0.3, -0.25) is 0 Å². The van der Waals surface area contributed by atoms with E-state index in [0.29, 0.717) is 32.9 Å². The van der Waals surface area contributed by atoms with E-state index in [-0.39, 0.29) is 10.3 Å². The van der Waals surface area contributed by atoms with Crippen LogP contribution in [0.4, 0.5) is 11.4 Å². The molecule has 0 aromatic heterocycles. The minimum Gasteiger partial charge on any atom is -0.494 e. The molecule has 2 aromatic carbocycles. The van der Waals surface area contributed by atoms with E-state index in [9.17, 15) is 0 Å². The zero-order chi connectivity index (χ0) is 20.2. The maximum Gasteiger partial charge on any atom is 0.222 e. The first-order valence-electron chi connectivity index (χ1n) is 7.23. The van der Waals surface area contributed by atoms with Crippen molar-refractivity contribution < 1.29 is 9.47 Å². The van der Waals surface area contributed by atoms with Crippen molar-refractivity contribution in [2.75, 3.05) is 14.2 Å². The highest BCUT2D eigenvalue weighted by Gasteiger charge is 2.36. The van der Waals surface area contributed by atoms with Gasteiger partial charge in [0.25, 0.3) is 0 Å². The molecule has 0 atom stereocenters. The summed E-state index contributed by atoms with van der Waals surface area (Å²) in [5, 5.41) is 0.358. The molecule has 0 bridgehead atoms. The van der Waals surface area contributed by atoms with Gasteiger partial charge in [0.2, 0.25) is 4.33 Å². The Balaban J connectivity index is 2.45. The molecule has 0 fully saturated rings. The Morgan fingerprint density at radius 1 is 0.778 bits per heavy atom. The third-order valence-corrected chi connectivity index (χ3v) is 5.55. The second-order valence-electron chi connectivity index (χ2n) is 5.01. The lowest BCUT2D eigenvalue weighted by Crippen LogP contribution is -2.28. The number of nitrogens with zero attached hydrogens (tertiary/aromatic N) is 2. The van der Waals surface area contributed by atoms with Crippen LogP contribution in [0.25, 0.3) is 0 Å².